The molecule has 0 aromatic rings. The second-order valence-electron chi connectivity index (χ2n) is 6.28. The largest absolute Gasteiger partial charge is 0.356 e. The Balaban J connectivity index is 0. The van der Waals surface area contributed by atoms with Gasteiger partial charge in [0.15, 0.2) is 5.96 Å². The molecule has 0 aliphatic heterocycles. The summed E-state index contributed by atoms with van der Waals surface area (Å²) in [6, 6.07) is 0.186. The molecule has 0 aliphatic rings. The molecule has 8 heteroatoms. The zero-order valence-electron chi connectivity index (χ0n) is 15.1. The van der Waals surface area contributed by atoms with E-state index in [0.717, 1.165) is 6.42 Å². The van der Waals surface area contributed by atoms with E-state index in [9.17, 15) is 9.59 Å². The van der Waals surface area contributed by atoms with Gasteiger partial charge in [-0.3, -0.25) is 14.6 Å². The predicted molar refractivity (Wildman–Crippen MR) is 105 cm³/mol. The molecule has 0 aromatic heterocycles. The predicted octanol–water partition coefficient (Wildman–Crippen LogP) is 0.989. The summed E-state index contributed by atoms with van der Waals surface area (Å²) < 4.78 is 0. The average molecular weight is 441 g/mol. The number of halogens is 1. The van der Waals surface area contributed by atoms with Crippen LogP contribution in [0.1, 0.15) is 47.5 Å². The minimum absolute atomic E-state index is 0. The zero-order valence-corrected chi connectivity index (χ0v) is 17.4. The molecule has 1 atom stereocenters. The Bertz CT molecular complexity index is 394. The van der Waals surface area contributed by atoms with Crippen molar-refractivity contribution in [3.63, 3.8) is 0 Å². The molecule has 0 heterocycles. The van der Waals surface area contributed by atoms with Crippen molar-refractivity contribution in [1.29, 1.82) is 0 Å². The molecule has 0 bridgehead atoms. The van der Waals surface area contributed by atoms with E-state index in [1.54, 1.807) is 7.05 Å². The van der Waals surface area contributed by atoms with Crippen molar-refractivity contribution >= 4 is 41.8 Å². The SMILES string of the molecule is CCC(C)NC(=O)CCNC(=NC)NCC(=O)NC(C)(C)C.I. The third-order valence-electron chi connectivity index (χ3n) is 2.82. The van der Waals surface area contributed by atoms with Crippen LogP contribution in [0.5, 0.6) is 0 Å². The fraction of sp³-hybridized carbons (Fsp3) is 0.800. The summed E-state index contributed by atoms with van der Waals surface area (Å²) in [5.41, 5.74) is -0.260. The molecule has 7 nitrogen and oxygen atoms in total. The molecular weight excluding hydrogens is 409 g/mol. The Kier molecular flexibility index (Phi) is 13.0. The molecule has 0 aliphatic carbocycles. The number of carbonyl (C=O) groups is 2. The lowest BCUT2D eigenvalue weighted by Gasteiger charge is -2.21. The Morgan fingerprint density at radius 1 is 1.13 bits per heavy atom. The summed E-state index contributed by atoms with van der Waals surface area (Å²) in [7, 11) is 1.62. The lowest BCUT2D eigenvalue weighted by Crippen LogP contribution is -2.48. The molecule has 1 unspecified atom stereocenters. The summed E-state index contributed by atoms with van der Waals surface area (Å²) in [6.07, 6.45) is 1.27. The fourth-order valence-electron chi connectivity index (χ4n) is 1.59. The van der Waals surface area contributed by atoms with Crippen molar-refractivity contribution in [2.45, 2.75) is 59.0 Å². The molecule has 4 N–H and O–H groups in total. The standard InChI is InChI=1S/C15H31N5O2.HI/c1-7-11(2)19-12(21)8-9-17-14(16-6)18-10-13(22)20-15(3,4)5;/h11H,7-10H2,1-6H3,(H,19,21)(H,20,22)(H2,16,17,18);1H. The van der Waals surface area contributed by atoms with Crippen LogP contribution in [0, 0.1) is 0 Å². The first-order valence-corrected chi connectivity index (χ1v) is 7.72. The van der Waals surface area contributed by atoms with E-state index in [1.807, 2.05) is 34.6 Å². The topological polar surface area (TPSA) is 94.6 Å². The first-order valence-electron chi connectivity index (χ1n) is 7.72. The van der Waals surface area contributed by atoms with E-state index in [0.29, 0.717) is 18.9 Å². The quantitative estimate of drug-likeness (QED) is 0.269. The Hall–Kier alpha value is -1.06. The third kappa shape index (κ3) is 14.3. The van der Waals surface area contributed by atoms with Gasteiger partial charge in [-0.25, -0.2) is 0 Å². The van der Waals surface area contributed by atoms with Crippen LogP contribution in [0.3, 0.4) is 0 Å². The lowest BCUT2D eigenvalue weighted by atomic mass is 10.1. The van der Waals surface area contributed by atoms with Crippen LogP contribution in [0.25, 0.3) is 0 Å². The molecule has 23 heavy (non-hydrogen) atoms. The van der Waals surface area contributed by atoms with Gasteiger partial charge in [-0.2, -0.15) is 0 Å². The maximum atomic E-state index is 11.7. The molecule has 0 fully saturated rings. The van der Waals surface area contributed by atoms with Gasteiger partial charge in [-0.15, -0.1) is 24.0 Å². The Labute approximate surface area is 156 Å². The summed E-state index contributed by atoms with van der Waals surface area (Å²) >= 11 is 0. The van der Waals surface area contributed by atoms with Gasteiger partial charge in [0.1, 0.15) is 0 Å². The smallest absolute Gasteiger partial charge is 0.239 e. The molecule has 0 radical (unpaired) electrons. The van der Waals surface area contributed by atoms with Crippen LogP contribution in [-0.2, 0) is 9.59 Å². The van der Waals surface area contributed by atoms with E-state index in [4.69, 9.17) is 0 Å². The van der Waals surface area contributed by atoms with Gasteiger partial charge >= 0.3 is 0 Å². The molecule has 0 saturated carbocycles. The molecule has 0 rings (SSSR count). The minimum Gasteiger partial charge on any atom is -0.356 e. The highest BCUT2D eigenvalue weighted by atomic mass is 127. The van der Waals surface area contributed by atoms with Gasteiger partial charge < -0.3 is 21.3 Å². The van der Waals surface area contributed by atoms with Crippen LogP contribution in [-0.4, -0.2) is 49.5 Å². The first kappa shape index (κ1) is 24.2. The van der Waals surface area contributed by atoms with E-state index >= 15 is 0 Å². The highest BCUT2D eigenvalue weighted by Crippen LogP contribution is 1.97. The van der Waals surface area contributed by atoms with Crippen molar-refractivity contribution < 1.29 is 9.59 Å². The van der Waals surface area contributed by atoms with Gasteiger partial charge in [0.25, 0.3) is 0 Å². The number of amides is 2. The van der Waals surface area contributed by atoms with Gasteiger partial charge in [-0.1, -0.05) is 6.92 Å². The minimum atomic E-state index is -0.260. The molecule has 136 valence electrons. The normalized spacial score (nSPS) is 12.7. The number of nitrogens with one attached hydrogen (secondary N) is 4. The van der Waals surface area contributed by atoms with Crippen molar-refractivity contribution in [2.75, 3.05) is 20.1 Å². The lowest BCUT2D eigenvalue weighted by molar-refractivity contribution is -0.122. The first-order chi connectivity index (χ1) is 10.2. The summed E-state index contributed by atoms with van der Waals surface area (Å²) in [6.45, 7) is 10.4. The number of rotatable bonds is 7. The maximum absolute atomic E-state index is 11.7. The molecule has 0 aromatic carbocycles. The highest BCUT2D eigenvalue weighted by molar-refractivity contribution is 14.0. The second kappa shape index (κ2) is 12.4. The molecule has 0 saturated heterocycles. The third-order valence-corrected chi connectivity index (χ3v) is 2.82. The monoisotopic (exact) mass is 441 g/mol. The van der Waals surface area contributed by atoms with E-state index in [2.05, 4.69) is 26.3 Å². The van der Waals surface area contributed by atoms with Crippen molar-refractivity contribution in [2.24, 2.45) is 4.99 Å². The van der Waals surface area contributed by atoms with Gasteiger partial charge in [0.2, 0.25) is 11.8 Å². The van der Waals surface area contributed by atoms with Crippen molar-refractivity contribution in [3.05, 3.63) is 0 Å². The average Bonchev–Trinajstić information content (AvgIpc) is 2.40. The summed E-state index contributed by atoms with van der Waals surface area (Å²) in [4.78, 5) is 27.3. The van der Waals surface area contributed by atoms with Crippen LogP contribution < -0.4 is 21.3 Å². The van der Waals surface area contributed by atoms with Crippen molar-refractivity contribution in [3.8, 4) is 0 Å². The fourth-order valence-corrected chi connectivity index (χ4v) is 1.59. The van der Waals surface area contributed by atoms with Gasteiger partial charge in [0, 0.05) is 31.6 Å². The van der Waals surface area contributed by atoms with Gasteiger partial charge in [-0.05, 0) is 34.1 Å². The second-order valence-corrected chi connectivity index (χ2v) is 6.28. The van der Waals surface area contributed by atoms with E-state index in [-0.39, 0.29) is 53.9 Å². The summed E-state index contributed by atoms with van der Waals surface area (Å²) in [5, 5.41) is 11.7. The number of carbonyl (C=O) groups excluding carboxylic acids is 2. The van der Waals surface area contributed by atoms with Crippen LogP contribution in [0.4, 0.5) is 0 Å². The number of guanidine groups is 1. The van der Waals surface area contributed by atoms with Gasteiger partial charge in [0.05, 0.1) is 6.54 Å². The zero-order chi connectivity index (χ0) is 17.2. The maximum Gasteiger partial charge on any atom is 0.239 e. The molecule has 2 amide bonds. The number of nitrogens with zero attached hydrogens (tertiary/aromatic N) is 1. The number of hydrogen-bond acceptors (Lipinski definition) is 3. The van der Waals surface area contributed by atoms with E-state index < -0.39 is 0 Å². The Morgan fingerprint density at radius 3 is 2.22 bits per heavy atom. The summed E-state index contributed by atoms with van der Waals surface area (Å²) in [5.74, 6) is 0.396. The van der Waals surface area contributed by atoms with E-state index in [1.165, 1.54) is 0 Å². The highest BCUT2D eigenvalue weighted by Gasteiger charge is 2.13. The van der Waals surface area contributed by atoms with Crippen LogP contribution in [0.15, 0.2) is 4.99 Å². The molecule has 0 spiro atoms. The molecular formula is C15H32IN5O2. The number of hydrogen-bond donors (Lipinski definition) is 4. The van der Waals surface area contributed by atoms with Crippen LogP contribution in [0.2, 0.25) is 0 Å². The number of aliphatic imine (C=N–C) groups is 1. The van der Waals surface area contributed by atoms with Crippen LogP contribution >= 0.6 is 24.0 Å². The van der Waals surface area contributed by atoms with Crippen molar-refractivity contribution in [1.82, 2.24) is 21.3 Å². The Morgan fingerprint density at radius 2 is 1.74 bits per heavy atom.